The molecule has 7 heteroatoms. The van der Waals surface area contributed by atoms with Gasteiger partial charge in [0.05, 0.1) is 23.7 Å². The number of nitrogens with one attached hydrogen (secondary N) is 1. The third kappa shape index (κ3) is 4.53. The standard InChI is InChI=1S/C16H17N3O3S/c1-10-13(8-17-9-18-10)16(22)19-14(7-15(20)21)11-3-5-12(23-2)6-4-11/h3-6,8-9,14H,7H2,1-2H3,(H,19,22)(H,20,21). The maximum absolute atomic E-state index is 12.4. The molecular formula is C16H17N3O3S. The van der Waals surface area contributed by atoms with E-state index in [0.29, 0.717) is 11.3 Å². The van der Waals surface area contributed by atoms with Crippen molar-refractivity contribution in [1.82, 2.24) is 15.3 Å². The number of carboxylic acid groups (broad SMARTS) is 1. The van der Waals surface area contributed by atoms with Crippen LogP contribution >= 0.6 is 11.8 Å². The Morgan fingerprint density at radius 1 is 1.30 bits per heavy atom. The molecule has 0 radical (unpaired) electrons. The first kappa shape index (κ1) is 17.0. The molecule has 1 aromatic heterocycles. The third-order valence-corrected chi connectivity index (χ3v) is 4.10. The molecule has 2 rings (SSSR count). The van der Waals surface area contributed by atoms with E-state index in [4.69, 9.17) is 5.11 Å². The Labute approximate surface area is 138 Å². The minimum atomic E-state index is -0.981. The van der Waals surface area contributed by atoms with E-state index in [1.165, 1.54) is 12.5 Å². The molecule has 120 valence electrons. The fourth-order valence-corrected chi connectivity index (χ4v) is 2.52. The van der Waals surface area contributed by atoms with Gasteiger partial charge >= 0.3 is 5.97 Å². The predicted molar refractivity (Wildman–Crippen MR) is 87.5 cm³/mol. The number of rotatable bonds is 6. The summed E-state index contributed by atoms with van der Waals surface area (Å²) < 4.78 is 0. The molecule has 1 heterocycles. The summed E-state index contributed by atoms with van der Waals surface area (Å²) in [5.74, 6) is -1.37. The minimum absolute atomic E-state index is 0.197. The molecular weight excluding hydrogens is 314 g/mol. The second-order valence-corrected chi connectivity index (χ2v) is 5.80. The van der Waals surface area contributed by atoms with Gasteiger partial charge in [0, 0.05) is 11.1 Å². The summed E-state index contributed by atoms with van der Waals surface area (Å²) in [6.45, 7) is 1.70. The number of thioether (sulfide) groups is 1. The summed E-state index contributed by atoms with van der Waals surface area (Å²) in [6.07, 6.45) is 4.55. The van der Waals surface area contributed by atoms with E-state index in [2.05, 4.69) is 15.3 Å². The van der Waals surface area contributed by atoms with Crippen LogP contribution in [0.4, 0.5) is 0 Å². The first-order valence-electron chi connectivity index (χ1n) is 6.94. The van der Waals surface area contributed by atoms with Crippen molar-refractivity contribution in [2.45, 2.75) is 24.3 Å². The largest absolute Gasteiger partial charge is 0.481 e. The van der Waals surface area contributed by atoms with E-state index in [1.807, 2.05) is 30.5 Å². The quantitative estimate of drug-likeness (QED) is 0.790. The Bertz CT molecular complexity index is 704. The molecule has 0 saturated heterocycles. The summed E-state index contributed by atoms with van der Waals surface area (Å²) >= 11 is 1.60. The molecule has 1 amide bonds. The Morgan fingerprint density at radius 3 is 2.57 bits per heavy atom. The number of benzene rings is 1. The summed E-state index contributed by atoms with van der Waals surface area (Å²) in [5.41, 5.74) is 1.63. The molecule has 1 unspecified atom stereocenters. The molecule has 0 spiro atoms. The second-order valence-electron chi connectivity index (χ2n) is 4.92. The Kier molecular flexibility index (Phi) is 5.70. The molecule has 0 aliphatic carbocycles. The van der Waals surface area contributed by atoms with E-state index in [1.54, 1.807) is 18.7 Å². The van der Waals surface area contributed by atoms with E-state index >= 15 is 0 Å². The minimum Gasteiger partial charge on any atom is -0.481 e. The maximum Gasteiger partial charge on any atom is 0.305 e. The molecule has 0 saturated carbocycles. The Morgan fingerprint density at radius 2 is 2.00 bits per heavy atom. The van der Waals surface area contributed by atoms with Crippen molar-refractivity contribution in [3.8, 4) is 0 Å². The first-order chi connectivity index (χ1) is 11.0. The van der Waals surface area contributed by atoms with Gasteiger partial charge in [0.2, 0.25) is 0 Å². The molecule has 0 aliphatic rings. The van der Waals surface area contributed by atoms with E-state index in [-0.39, 0.29) is 12.3 Å². The predicted octanol–water partition coefficient (Wildman–Crippen LogP) is 2.45. The van der Waals surface area contributed by atoms with Gasteiger partial charge in [-0.15, -0.1) is 11.8 Å². The molecule has 1 atom stereocenters. The molecule has 6 nitrogen and oxygen atoms in total. The highest BCUT2D eigenvalue weighted by Gasteiger charge is 2.20. The number of hydrogen-bond acceptors (Lipinski definition) is 5. The van der Waals surface area contributed by atoms with Gasteiger partial charge in [-0.25, -0.2) is 9.97 Å². The van der Waals surface area contributed by atoms with Crippen LogP contribution in [0.2, 0.25) is 0 Å². The normalized spacial score (nSPS) is 11.7. The van der Waals surface area contributed by atoms with Crippen LogP contribution in [0, 0.1) is 6.92 Å². The van der Waals surface area contributed by atoms with Crippen molar-refractivity contribution < 1.29 is 14.7 Å². The van der Waals surface area contributed by atoms with Gasteiger partial charge in [-0.05, 0) is 30.9 Å². The van der Waals surface area contributed by atoms with Crippen LogP contribution in [0.3, 0.4) is 0 Å². The van der Waals surface area contributed by atoms with Crippen molar-refractivity contribution in [3.05, 3.63) is 53.6 Å². The zero-order valence-electron chi connectivity index (χ0n) is 12.8. The number of carbonyl (C=O) groups is 2. The van der Waals surface area contributed by atoms with Gasteiger partial charge in [-0.2, -0.15) is 0 Å². The number of hydrogen-bond donors (Lipinski definition) is 2. The average Bonchev–Trinajstić information content (AvgIpc) is 2.54. The number of carboxylic acids is 1. The van der Waals surface area contributed by atoms with Gasteiger partial charge in [0.15, 0.2) is 0 Å². The van der Waals surface area contributed by atoms with E-state index < -0.39 is 12.0 Å². The molecule has 23 heavy (non-hydrogen) atoms. The topological polar surface area (TPSA) is 92.2 Å². The second kappa shape index (κ2) is 7.73. The van der Waals surface area contributed by atoms with Crippen LogP contribution in [0.25, 0.3) is 0 Å². The fraction of sp³-hybridized carbons (Fsp3) is 0.250. The van der Waals surface area contributed by atoms with E-state index in [0.717, 1.165) is 10.5 Å². The highest BCUT2D eigenvalue weighted by Crippen LogP contribution is 2.22. The fourth-order valence-electron chi connectivity index (χ4n) is 2.11. The first-order valence-corrected chi connectivity index (χ1v) is 8.17. The zero-order valence-corrected chi connectivity index (χ0v) is 13.6. The summed E-state index contributed by atoms with van der Waals surface area (Å²) in [4.78, 5) is 32.4. The lowest BCUT2D eigenvalue weighted by molar-refractivity contribution is -0.137. The van der Waals surface area contributed by atoms with Gasteiger partial charge in [0.1, 0.15) is 6.33 Å². The Balaban J connectivity index is 2.23. The number of amides is 1. The van der Waals surface area contributed by atoms with Crippen LogP contribution < -0.4 is 5.32 Å². The Hall–Kier alpha value is -2.41. The molecule has 0 bridgehead atoms. The van der Waals surface area contributed by atoms with Crippen molar-refractivity contribution >= 4 is 23.6 Å². The van der Waals surface area contributed by atoms with Crippen molar-refractivity contribution in [3.63, 3.8) is 0 Å². The van der Waals surface area contributed by atoms with Gasteiger partial charge in [-0.3, -0.25) is 9.59 Å². The summed E-state index contributed by atoms with van der Waals surface area (Å²) in [6, 6.07) is 6.84. The summed E-state index contributed by atoms with van der Waals surface area (Å²) in [5, 5.41) is 11.9. The van der Waals surface area contributed by atoms with Crippen molar-refractivity contribution in [2.24, 2.45) is 0 Å². The number of nitrogens with zero attached hydrogens (tertiary/aromatic N) is 2. The maximum atomic E-state index is 12.4. The monoisotopic (exact) mass is 331 g/mol. The van der Waals surface area contributed by atoms with Crippen LogP contribution in [0.1, 0.15) is 34.1 Å². The molecule has 2 aromatic rings. The number of carbonyl (C=O) groups excluding carboxylic acids is 1. The smallest absolute Gasteiger partial charge is 0.305 e. The van der Waals surface area contributed by atoms with Crippen LogP contribution in [-0.4, -0.2) is 33.2 Å². The van der Waals surface area contributed by atoms with Crippen LogP contribution in [0.15, 0.2) is 41.7 Å². The van der Waals surface area contributed by atoms with Gasteiger partial charge in [-0.1, -0.05) is 12.1 Å². The molecule has 2 N–H and O–H groups in total. The van der Waals surface area contributed by atoms with Crippen LogP contribution in [-0.2, 0) is 4.79 Å². The number of aryl methyl sites for hydroxylation is 1. The highest BCUT2D eigenvalue weighted by atomic mass is 32.2. The van der Waals surface area contributed by atoms with Crippen molar-refractivity contribution in [2.75, 3.05) is 6.26 Å². The lowest BCUT2D eigenvalue weighted by Gasteiger charge is -2.18. The lowest BCUT2D eigenvalue weighted by atomic mass is 10.0. The third-order valence-electron chi connectivity index (χ3n) is 3.36. The lowest BCUT2D eigenvalue weighted by Crippen LogP contribution is -2.31. The molecule has 1 aromatic carbocycles. The molecule has 0 fully saturated rings. The van der Waals surface area contributed by atoms with Crippen LogP contribution in [0.5, 0.6) is 0 Å². The summed E-state index contributed by atoms with van der Waals surface area (Å²) in [7, 11) is 0. The number of aliphatic carboxylic acids is 1. The molecule has 0 aliphatic heterocycles. The van der Waals surface area contributed by atoms with Gasteiger partial charge < -0.3 is 10.4 Å². The highest BCUT2D eigenvalue weighted by molar-refractivity contribution is 7.98. The van der Waals surface area contributed by atoms with E-state index in [9.17, 15) is 9.59 Å². The van der Waals surface area contributed by atoms with Crippen molar-refractivity contribution in [1.29, 1.82) is 0 Å². The number of aromatic nitrogens is 2. The zero-order chi connectivity index (χ0) is 16.8. The average molecular weight is 331 g/mol. The SMILES string of the molecule is CSc1ccc(C(CC(=O)O)NC(=O)c2cncnc2C)cc1. The van der Waals surface area contributed by atoms with Gasteiger partial charge in [0.25, 0.3) is 5.91 Å².